The summed E-state index contributed by atoms with van der Waals surface area (Å²) in [6.07, 6.45) is 0.993. The van der Waals surface area contributed by atoms with E-state index >= 15 is 0 Å². The molecule has 0 amide bonds. The van der Waals surface area contributed by atoms with Crippen LogP contribution in [0.4, 0.5) is 0 Å². The Morgan fingerprint density at radius 3 is 2.29 bits per heavy atom. The molecule has 96 valence electrons. The van der Waals surface area contributed by atoms with Crippen molar-refractivity contribution in [3.05, 3.63) is 35.9 Å². The Balaban J connectivity index is 2.40. The molecule has 2 atom stereocenters. The van der Waals surface area contributed by atoms with Crippen LogP contribution in [0, 0.1) is 5.92 Å². The molecule has 2 unspecified atom stereocenters. The third-order valence-corrected chi connectivity index (χ3v) is 2.91. The van der Waals surface area contributed by atoms with Crippen molar-refractivity contribution in [2.45, 2.75) is 45.8 Å². The summed E-state index contributed by atoms with van der Waals surface area (Å²) in [6.45, 7) is 9.19. The second kappa shape index (κ2) is 6.18. The SMILES string of the molecule is CC(CCOC(C)(C)C)C(N)c1ccccc1. The largest absolute Gasteiger partial charge is 0.376 e. The second-order valence-electron chi connectivity index (χ2n) is 5.66. The highest BCUT2D eigenvalue weighted by Crippen LogP contribution is 2.22. The van der Waals surface area contributed by atoms with E-state index < -0.39 is 0 Å². The van der Waals surface area contributed by atoms with E-state index in [1.165, 1.54) is 5.56 Å². The van der Waals surface area contributed by atoms with Crippen LogP contribution in [0.3, 0.4) is 0 Å². The number of benzene rings is 1. The first kappa shape index (κ1) is 14.2. The van der Waals surface area contributed by atoms with Crippen LogP contribution in [-0.2, 0) is 4.74 Å². The molecule has 1 rings (SSSR count). The Labute approximate surface area is 105 Å². The van der Waals surface area contributed by atoms with Crippen molar-refractivity contribution in [1.29, 1.82) is 0 Å². The van der Waals surface area contributed by atoms with Gasteiger partial charge in [-0.2, -0.15) is 0 Å². The topological polar surface area (TPSA) is 35.2 Å². The van der Waals surface area contributed by atoms with Gasteiger partial charge in [0.05, 0.1) is 5.60 Å². The molecule has 0 radical (unpaired) electrons. The highest BCUT2D eigenvalue weighted by atomic mass is 16.5. The summed E-state index contributed by atoms with van der Waals surface area (Å²) in [5.74, 6) is 0.430. The first-order valence-corrected chi connectivity index (χ1v) is 6.34. The van der Waals surface area contributed by atoms with Crippen molar-refractivity contribution in [3.63, 3.8) is 0 Å². The van der Waals surface area contributed by atoms with Crippen LogP contribution in [0.5, 0.6) is 0 Å². The van der Waals surface area contributed by atoms with Crippen LogP contribution in [-0.4, -0.2) is 12.2 Å². The summed E-state index contributed by atoms with van der Waals surface area (Å²) in [5, 5.41) is 0. The quantitative estimate of drug-likeness (QED) is 0.847. The lowest BCUT2D eigenvalue weighted by molar-refractivity contribution is -0.00958. The van der Waals surface area contributed by atoms with E-state index in [0.29, 0.717) is 5.92 Å². The van der Waals surface area contributed by atoms with Crippen LogP contribution >= 0.6 is 0 Å². The van der Waals surface area contributed by atoms with E-state index in [4.69, 9.17) is 10.5 Å². The molecule has 0 fully saturated rings. The fourth-order valence-electron chi connectivity index (χ4n) is 1.73. The van der Waals surface area contributed by atoms with Crippen LogP contribution in [0.2, 0.25) is 0 Å². The Bertz CT molecular complexity index is 315. The van der Waals surface area contributed by atoms with Gasteiger partial charge in [0.15, 0.2) is 0 Å². The Hall–Kier alpha value is -0.860. The molecular weight excluding hydrogens is 210 g/mol. The highest BCUT2D eigenvalue weighted by Gasteiger charge is 2.16. The standard InChI is InChI=1S/C15H25NO/c1-12(10-11-17-15(2,3)4)14(16)13-8-6-5-7-9-13/h5-9,12,14H,10-11,16H2,1-4H3. The normalized spacial score (nSPS) is 15.6. The second-order valence-corrected chi connectivity index (χ2v) is 5.66. The first-order valence-electron chi connectivity index (χ1n) is 6.34. The van der Waals surface area contributed by atoms with Crippen molar-refractivity contribution >= 4 is 0 Å². The number of hydrogen-bond donors (Lipinski definition) is 1. The monoisotopic (exact) mass is 235 g/mol. The molecular formula is C15H25NO. The van der Waals surface area contributed by atoms with E-state index in [-0.39, 0.29) is 11.6 Å². The van der Waals surface area contributed by atoms with Gasteiger partial charge in [-0.3, -0.25) is 0 Å². The highest BCUT2D eigenvalue weighted by molar-refractivity contribution is 5.18. The van der Waals surface area contributed by atoms with Gasteiger partial charge in [0.2, 0.25) is 0 Å². The Kier molecular flexibility index (Phi) is 5.16. The molecule has 1 aromatic rings. The number of ether oxygens (including phenoxy) is 1. The Morgan fingerprint density at radius 1 is 1.18 bits per heavy atom. The van der Waals surface area contributed by atoms with Gasteiger partial charge in [0, 0.05) is 12.6 Å². The summed E-state index contributed by atoms with van der Waals surface area (Å²) in [6, 6.07) is 10.4. The van der Waals surface area contributed by atoms with Crippen LogP contribution in [0.1, 0.15) is 45.7 Å². The first-order chi connectivity index (χ1) is 7.90. The average Bonchev–Trinajstić information content (AvgIpc) is 2.27. The van der Waals surface area contributed by atoms with Gasteiger partial charge in [-0.05, 0) is 38.7 Å². The molecule has 2 heteroatoms. The van der Waals surface area contributed by atoms with Gasteiger partial charge in [0.1, 0.15) is 0 Å². The summed E-state index contributed by atoms with van der Waals surface area (Å²) >= 11 is 0. The van der Waals surface area contributed by atoms with E-state index in [1.807, 2.05) is 18.2 Å². The van der Waals surface area contributed by atoms with E-state index in [2.05, 4.69) is 39.8 Å². The van der Waals surface area contributed by atoms with Crippen LogP contribution < -0.4 is 5.73 Å². The van der Waals surface area contributed by atoms with E-state index in [0.717, 1.165) is 13.0 Å². The number of rotatable bonds is 5. The maximum Gasteiger partial charge on any atom is 0.0598 e. The number of hydrogen-bond acceptors (Lipinski definition) is 2. The Morgan fingerprint density at radius 2 is 1.76 bits per heavy atom. The minimum absolute atomic E-state index is 0.0590. The third kappa shape index (κ3) is 5.33. The molecule has 17 heavy (non-hydrogen) atoms. The van der Waals surface area contributed by atoms with Gasteiger partial charge in [-0.15, -0.1) is 0 Å². The van der Waals surface area contributed by atoms with Crippen molar-refractivity contribution in [1.82, 2.24) is 0 Å². The molecule has 2 N–H and O–H groups in total. The fraction of sp³-hybridized carbons (Fsp3) is 0.600. The molecule has 0 aliphatic rings. The van der Waals surface area contributed by atoms with Crippen molar-refractivity contribution in [2.24, 2.45) is 11.7 Å². The fourth-order valence-corrected chi connectivity index (χ4v) is 1.73. The van der Waals surface area contributed by atoms with Gasteiger partial charge < -0.3 is 10.5 Å². The zero-order chi connectivity index (χ0) is 12.9. The molecule has 0 spiro atoms. The predicted octanol–water partition coefficient (Wildman–Crippen LogP) is 3.53. The molecule has 0 aromatic heterocycles. The maximum absolute atomic E-state index is 6.23. The minimum Gasteiger partial charge on any atom is -0.376 e. The molecule has 2 nitrogen and oxygen atoms in total. The third-order valence-electron chi connectivity index (χ3n) is 2.91. The summed E-state index contributed by atoms with van der Waals surface area (Å²) in [5.41, 5.74) is 7.38. The van der Waals surface area contributed by atoms with Crippen molar-refractivity contribution in [3.8, 4) is 0 Å². The van der Waals surface area contributed by atoms with Gasteiger partial charge in [-0.1, -0.05) is 37.3 Å². The molecule has 0 heterocycles. The van der Waals surface area contributed by atoms with Crippen molar-refractivity contribution in [2.75, 3.05) is 6.61 Å². The lowest BCUT2D eigenvalue weighted by Crippen LogP contribution is -2.24. The summed E-state index contributed by atoms with van der Waals surface area (Å²) < 4.78 is 5.73. The molecule has 0 saturated carbocycles. The zero-order valence-electron chi connectivity index (χ0n) is 11.4. The molecule has 0 aliphatic carbocycles. The smallest absolute Gasteiger partial charge is 0.0598 e. The van der Waals surface area contributed by atoms with Gasteiger partial charge in [-0.25, -0.2) is 0 Å². The van der Waals surface area contributed by atoms with Crippen molar-refractivity contribution < 1.29 is 4.74 Å². The molecule has 0 saturated heterocycles. The minimum atomic E-state index is -0.0590. The van der Waals surface area contributed by atoms with Crippen LogP contribution in [0.15, 0.2) is 30.3 Å². The van der Waals surface area contributed by atoms with E-state index in [1.54, 1.807) is 0 Å². The molecule has 0 aliphatic heterocycles. The van der Waals surface area contributed by atoms with Gasteiger partial charge in [0.25, 0.3) is 0 Å². The lowest BCUT2D eigenvalue weighted by Gasteiger charge is -2.24. The zero-order valence-corrected chi connectivity index (χ0v) is 11.4. The van der Waals surface area contributed by atoms with Crippen LogP contribution in [0.25, 0.3) is 0 Å². The van der Waals surface area contributed by atoms with Gasteiger partial charge >= 0.3 is 0 Å². The average molecular weight is 235 g/mol. The lowest BCUT2D eigenvalue weighted by atomic mass is 9.93. The predicted molar refractivity (Wildman–Crippen MR) is 72.9 cm³/mol. The van der Waals surface area contributed by atoms with E-state index in [9.17, 15) is 0 Å². The maximum atomic E-state index is 6.23. The molecule has 1 aromatic carbocycles. The number of nitrogens with two attached hydrogens (primary N) is 1. The summed E-state index contributed by atoms with van der Waals surface area (Å²) in [4.78, 5) is 0. The molecule has 0 bridgehead atoms. The summed E-state index contributed by atoms with van der Waals surface area (Å²) in [7, 11) is 0.